The molecule has 15 heavy (non-hydrogen) atoms. The summed E-state index contributed by atoms with van der Waals surface area (Å²) in [7, 11) is 0. The molecule has 0 radical (unpaired) electrons. The van der Waals surface area contributed by atoms with Gasteiger partial charge in [0.05, 0.1) is 29.8 Å². The van der Waals surface area contributed by atoms with Crippen LogP contribution in [-0.2, 0) is 0 Å². The molecule has 1 fully saturated rings. The number of aliphatic hydroxyl groups excluding tert-OH is 2. The molecule has 0 unspecified atom stereocenters. The molecule has 0 aliphatic carbocycles. The zero-order valence-corrected chi connectivity index (χ0v) is 8.37. The van der Waals surface area contributed by atoms with Crippen molar-refractivity contribution in [3.8, 4) is 0 Å². The molecule has 0 saturated carbocycles. The predicted octanol–water partition coefficient (Wildman–Crippen LogP) is -0.404. The monoisotopic (exact) mass is 209 g/mol. The molecule has 2 atom stereocenters. The lowest BCUT2D eigenvalue weighted by Gasteiger charge is -2.34. The average molecular weight is 209 g/mol. The Balaban J connectivity index is 2.16. The minimum Gasteiger partial charge on any atom is -0.397 e. The van der Waals surface area contributed by atoms with Crippen molar-refractivity contribution in [1.29, 1.82) is 0 Å². The smallest absolute Gasteiger partial charge is 0.0740 e. The maximum atomic E-state index is 9.53. The Morgan fingerprint density at radius 2 is 1.93 bits per heavy atom. The van der Waals surface area contributed by atoms with Crippen LogP contribution in [0.2, 0.25) is 0 Å². The second kappa shape index (κ2) is 4.04. The molecule has 0 aromatic carbocycles. The van der Waals surface area contributed by atoms with E-state index >= 15 is 0 Å². The van der Waals surface area contributed by atoms with E-state index in [2.05, 4.69) is 4.98 Å². The number of nitrogens with zero attached hydrogens (tertiary/aromatic N) is 2. The largest absolute Gasteiger partial charge is 0.397 e. The van der Waals surface area contributed by atoms with Crippen molar-refractivity contribution in [2.45, 2.75) is 18.6 Å². The van der Waals surface area contributed by atoms with Crippen LogP contribution >= 0.6 is 0 Å². The molecule has 1 aliphatic rings. The third-order valence-electron chi connectivity index (χ3n) is 2.52. The number of nitrogen functional groups attached to an aromatic ring is 1. The second-order valence-corrected chi connectivity index (χ2v) is 3.92. The molecule has 2 rings (SSSR count). The normalized spacial score (nSPS) is 26.7. The van der Waals surface area contributed by atoms with Gasteiger partial charge in [0.1, 0.15) is 0 Å². The summed E-state index contributed by atoms with van der Waals surface area (Å²) < 4.78 is 0. The summed E-state index contributed by atoms with van der Waals surface area (Å²) in [6, 6.07) is 1.79. The number of hydrogen-bond donors (Lipinski definition) is 3. The van der Waals surface area contributed by atoms with Crippen molar-refractivity contribution in [3.05, 3.63) is 18.5 Å². The van der Waals surface area contributed by atoms with Gasteiger partial charge in [-0.3, -0.25) is 4.98 Å². The number of pyridine rings is 1. The first kappa shape index (κ1) is 10.2. The molecular formula is C10H15N3O2. The van der Waals surface area contributed by atoms with Crippen molar-refractivity contribution in [3.63, 3.8) is 0 Å². The molecule has 1 aromatic heterocycles. The molecule has 5 nitrogen and oxygen atoms in total. The van der Waals surface area contributed by atoms with Crippen LogP contribution in [0.3, 0.4) is 0 Å². The summed E-state index contributed by atoms with van der Waals surface area (Å²) in [5.74, 6) is 0. The minimum absolute atomic E-state index is 0.437. The van der Waals surface area contributed by atoms with Crippen LogP contribution in [0.4, 0.5) is 11.4 Å². The maximum Gasteiger partial charge on any atom is 0.0740 e. The summed E-state index contributed by atoms with van der Waals surface area (Å²) >= 11 is 0. The summed E-state index contributed by atoms with van der Waals surface area (Å²) in [5.41, 5.74) is 7.05. The second-order valence-electron chi connectivity index (χ2n) is 3.92. The molecule has 1 aliphatic heterocycles. The molecule has 2 heterocycles. The number of aliphatic hydroxyl groups is 2. The van der Waals surface area contributed by atoms with Crippen LogP contribution in [0.1, 0.15) is 6.42 Å². The standard InChI is InChI=1S/C10H15N3O2/c11-7-1-8(4-12-3-7)13-5-9(14)2-10(15)6-13/h1,3-4,9-10,14-15H,2,5-6,11H2/t9-,10-/m1/s1. The van der Waals surface area contributed by atoms with Gasteiger partial charge < -0.3 is 20.8 Å². The van der Waals surface area contributed by atoms with Crippen LogP contribution in [0.15, 0.2) is 18.5 Å². The van der Waals surface area contributed by atoms with Gasteiger partial charge in [-0.2, -0.15) is 0 Å². The van der Waals surface area contributed by atoms with Gasteiger partial charge >= 0.3 is 0 Å². The van der Waals surface area contributed by atoms with Gasteiger partial charge in [0, 0.05) is 25.7 Å². The zero-order valence-electron chi connectivity index (χ0n) is 8.37. The number of anilines is 2. The SMILES string of the molecule is Nc1cncc(N2C[C@H](O)C[C@@H](O)C2)c1. The summed E-state index contributed by atoms with van der Waals surface area (Å²) in [6.07, 6.45) is 2.71. The van der Waals surface area contributed by atoms with Crippen LogP contribution in [0.5, 0.6) is 0 Å². The summed E-state index contributed by atoms with van der Waals surface area (Å²) in [4.78, 5) is 5.87. The first-order valence-corrected chi connectivity index (χ1v) is 4.97. The van der Waals surface area contributed by atoms with Crippen LogP contribution < -0.4 is 10.6 Å². The van der Waals surface area contributed by atoms with E-state index in [9.17, 15) is 10.2 Å². The third kappa shape index (κ3) is 2.37. The predicted molar refractivity (Wildman–Crippen MR) is 57.5 cm³/mol. The molecule has 0 amide bonds. The lowest BCUT2D eigenvalue weighted by Crippen LogP contribution is -2.45. The van der Waals surface area contributed by atoms with Gasteiger partial charge in [0.25, 0.3) is 0 Å². The Labute approximate surface area is 88.2 Å². The van der Waals surface area contributed by atoms with Crippen molar-refractivity contribution >= 4 is 11.4 Å². The van der Waals surface area contributed by atoms with Gasteiger partial charge in [-0.1, -0.05) is 0 Å². The molecule has 4 N–H and O–H groups in total. The Morgan fingerprint density at radius 1 is 1.27 bits per heavy atom. The van der Waals surface area contributed by atoms with Crippen molar-refractivity contribution in [2.24, 2.45) is 0 Å². The fraction of sp³-hybridized carbons (Fsp3) is 0.500. The highest BCUT2D eigenvalue weighted by Crippen LogP contribution is 2.20. The molecule has 1 saturated heterocycles. The number of nitrogens with two attached hydrogens (primary N) is 1. The van der Waals surface area contributed by atoms with E-state index in [1.54, 1.807) is 18.5 Å². The number of β-amino-alcohol motifs (C(OH)–C–C–N with tert-alkyl or cyclic N) is 2. The lowest BCUT2D eigenvalue weighted by atomic mass is 10.1. The van der Waals surface area contributed by atoms with E-state index in [4.69, 9.17) is 5.73 Å². The molecular weight excluding hydrogens is 194 g/mol. The number of hydrogen-bond acceptors (Lipinski definition) is 5. The molecule has 0 spiro atoms. The van der Waals surface area contributed by atoms with Crippen LogP contribution in [-0.4, -0.2) is 40.5 Å². The summed E-state index contributed by atoms with van der Waals surface area (Å²) in [5, 5.41) is 19.1. The average Bonchev–Trinajstić information content (AvgIpc) is 2.16. The van der Waals surface area contributed by atoms with E-state index in [1.807, 2.05) is 4.90 Å². The topological polar surface area (TPSA) is 82.6 Å². The van der Waals surface area contributed by atoms with E-state index in [0.717, 1.165) is 5.69 Å². The Morgan fingerprint density at radius 3 is 2.53 bits per heavy atom. The minimum atomic E-state index is -0.491. The first-order valence-electron chi connectivity index (χ1n) is 4.97. The van der Waals surface area contributed by atoms with Crippen LogP contribution in [0.25, 0.3) is 0 Å². The Kier molecular flexibility index (Phi) is 2.75. The van der Waals surface area contributed by atoms with E-state index in [-0.39, 0.29) is 0 Å². The highest BCUT2D eigenvalue weighted by atomic mass is 16.3. The quantitative estimate of drug-likeness (QED) is 0.586. The van der Waals surface area contributed by atoms with Crippen molar-refractivity contribution < 1.29 is 10.2 Å². The number of rotatable bonds is 1. The number of aromatic nitrogens is 1. The van der Waals surface area contributed by atoms with Crippen molar-refractivity contribution in [2.75, 3.05) is 23.7 Å². The van der Waals surface area contributed by atoms with Gasteiger partial charge in [0.2, 0.25) is 0 Å². The third-order valence-corrected chi connectivity index (χ3v) is 2.52. The van der Waals surface area contributed by atoms with Gasteiger partial charge in [0.15, 0.2) is 0 Å². The highest BCUT2D eigenvalue weighted by molar-refractivity contribution is 5.53. The van der Waals surface area contributed by atoms with E-state index in [1.165, 1.54) is 0 Å². The van der Waals surface area contributed by atoms with E-state index in [0.29, 0.717) is 25.2 Å². The van der Waals surface area contributed by atoms with Gasteiger partial charge in [-0.05, 0) is 6.07 Å². The first-order chi connectivity index (χ1) is 7.15. The molecule has 0 bridgehead atoms. The maximum absolute atomic E-state index is 9.53. The summed E-state index contributed by atoms with van der Waals surface area (Å²) in [6.45, 7) is 1.03. The van der Waals surface area contributed by atoms with E-state index < -0.39 is 12.2 Å². The van der Waals surface area contributed by atoms with Crippen LogP contribution in [0, 0.1) is 0 Å². The molecule has 5 heteroatoms. The number of piperidine rings is 1. The fourth-order valence-corrected chi connectivity index (χ4v) is 1.88. The molecule has 1 aromatic rings. The van der Waals surface area contributed by atoms with Crippen molar-refractivity contribution in [1.82, 2.24) is 4.98 Å². The van der Waals surface area contributed by atoms with Gasteiger partial charge in [-0.25, -0.2) is 0 Å². The lowest BCUT2D eigenvalue weighted by molar-refractivity contribution is 0.0651. The molecule has 82 valence electrons. The Bertz CT molecular complexity index is 335. The zero-order chi connectivity index (χ0) is 10.8. The highest BCUT2D eigenvalue weighted by Gasteiger charge is 2.24. The Hall–Kier alpha value is -1.33. The fourth-order valence-electron chi connectivity index (χ4n) is 1.88. The van der Waals surface area contributed by atoms with Gasteiger partial charge in [-0.15, -0.1) is 0 Å².